The van der Waals surface area contributed by atoms with Crippen LogP contribution in [-0.2, 0) is 20.9 Å². The van der Waals surface area contributed by atoms with Crippen LogP contribution in [0.5, 0.6) is 0 Å². The Balaban J connectivity index is 1.50. The highest BCUT2D eigenvalue weighted by molar-refractivity contribution is 7.09. The van der Waals surface area contributed by atoms with Gasteiger partial charge in [-0.1, -0.05) is 24.3 Å². The number of para-hydroxylation sites is 1. The molecule has 3 aromatic rings. The Labute approximate surface area is 200 Å². The van der Waals surface area contributed by atoms with Crippen molar-refractivity contribution in [3.05, 3.63) is 82.6 Å². The third kappa shape index (κ3) is 4.99. The van der Waals surface area contributed by atoms with Crippen molar-refractivity contribution in [3.63, 3.8) is 0 Å². The van der Waals surface area contributed by atoms with E-state index in [-0.39, 0.29) is 19.6 Å². The molecule has 34 heavy (non-hydrogen) atoms. The third-order valence-electron chi connectivity index (χ3n) is 5.30. The second kappa shape index (κ2) is 10.3. The number of ether oxygens (including phenoxy) is 1. The maximum absolute atomic E-state index is 13.3. The van der Waals surface area contributed by atoms with Gasteiger partial charge in [-0.15, -0.1) is 11.3 Å². The van der Waals surface area contributed by atoms with E-state index in [1.807, 2.05) is 17.5 Å². The van der Waals surface area contributed by atoms with Gasteiger partial charge in [0.1, 0.15) is 6.04 Å². The summed E-state index contributed by atoms with van der Waals surface area (Å²) in [6, 6.07) is 17.3. The number of carbonyl (C=O) groups excluding carboxylic acids is 4. The van der Waals surface area contributed by atoms with E-state index in [0.717, 1.165) is 9.78 Å². The molecule has 1 fully saturated rings. The van der Waals surface area contributed by atoms with Crippen molar-refractivity contribution in [2.45, 2.75) is 25.9 Å². The molecule has 0 radical (unpaired) electrons. The number of benzene rings is 2. The Kier molecular flexibility index (Phi) is 7.03. The van der Waals surface area contributed by atoms with Crippen LogP contribution in [0, 0.1) is 0 Å². The lowest BCUT2D eigenvalue weighted by Crippen LogP contribution is -2.37. The number of anilines is 2. The van der Waals surface area contributed by atoms with Gasteiger partial charge < -0.3 is 15.0 Å². The Morgan fingerprint density at radius 1 is 1.00 bits per heavy atom. The maximum Gasteiger partial charge on any atom is 0.338 e. The number of carbonyl (C=O) groups is 4. The zero-order chi connectivity index (χ0) is 24.1. The Bertz CT molecular complexity index is 1180. The number of rotatable bonds is 8. The molecule has 0 spiro atoms. The lowest BCUT2D eigenvalue weighted by molar-refractivity contribution is -0.124. The predicted octanol–water partition coefficient (Wildman–Crippen LogP) is 4.29. The molecular formula is C25H23N3O5S. The molecule has 4 rings (SSSR count). The van der Waals surface area contributed by atoms with Crippen molar-refractivity contribution in [2.24, 2.45) is 0 Å². The van der Waals surface area contributed by atoms with E-state index in [4.69, 9.17) is 4.74 Å². The minimum absolute atomic E-state index is 0.196. The molecule has 0 saturated carbocycles. The molecule has 0 aliphatic carbocycles. The first kappa shape index (κ1) is 23.2. The molecule has 1 aliphatic rings. The molecule has 8 nitrogen and oxygen atoms in total. The van der Waals surface area contributed by atoms with Crippen molar-refractivity contribution < 1.29 is 23.9 Å². The Morgan fingerprint density at radius 2 is 1.74 bits per heavy atom. The molecule has 1 atom stereocenters. The predicted molar refractivity (Wildman–Crippen MR) is 129 cm³/mol. The average Bonchev–Trinajstić information content (AvgIpc) is 3.43. The van der Waals surface area contributed by atoms with Gasteiger partial charge in [0.05, 0.1) is 30.8 Å². The van der Waals surface area contributed by atoms with Gasteiger partial charge in [0.25, 0.3) is 5.91 Å². The van der Waals surface area contributed by atoms with Crippen molar-refractivity contribution in [1.82, 2.24) is 4.90 Å². The lowest BCUT2D eigenvalue weighted by atomic mass is 10.1. The molecule has 1 aliphatic heterocycles. The van der Waals surface area contributed by atoms with Gasteiger partial charge in [-0.05, 0) is 54.8 Å². The molecule has 1 N–H and O–H groups in total. The van der Waals surface area contributed by atoms with E-state index < -0.39 is 29.9 Å². The lowest BCUT2D eigenvalue weighted by Gasteiger charge is -2.21. The van der Waals surface area contributed by atoms with Crippen LogP contribution in [-0.4, -0.2) is 41.4 Å². The minimum Gasteiger partial charge on any atom is -0.462 e. The first-order chi connectivity index (χ1) is 16.5. The fourth-order valence-corrected chi connectivity index (χ4v) is 4.39. The molecule has 2 aromatic carbocycles. The van der Waals surface area contributed by atoms with Crippen molar-refractivity contribution in [1.29, 1.82) is 0 Å². The van der Waals surface area contributed by atoms with E-state index in [0.29, 0.717) is 16.9 Å². The molecule has 0 unspecified atom stereocenters. The molecule has 9 heteroatoms. The van der Waals surface area contributed by atoms with Crippen LogP contribution >= 0.6 is 11.3 Å². The molecule has 1 saturated heterocycles. The summed E-state index contributed by atoms with van der Waals surface area (Å²) in [5.74, 6) is -1.30. The van der Waals surface area contributed by atoms with E-state index in [1.165, 1.54) is 16.2 Å². The summed E-state index contributed by atoms with van der Waals surface area (Å²) in [5.41, 5.74) is 1.31. The van der Waals surface area contributed by atoms with Gasteiger partial charge in [0, 0.05) is 10.6 Å². The van der Waals surface area contributed by atoms with Crippen LogP contribution in [0.4, 0.5) is 16.2 Å². The largest absolute Gasteiger partial charge is 0.462 e. The fraction of sp³-hybridized carbons (Fsp3) is 0.200. The molecule has 2 heterocycles. The normalized spacial score (nSPS) is 15.5. The number of urea groups is 1. The van der Waals surface area contributed by atoms with E-state index >= 15 is 0 Å². The molecule has 1 aromatic heterocycles. The molecule has 0 bridgehead atoms. The summed E-state index contributed by atoms with van der Waals surface area (Å²) in [6.45, 7) is 2.23. The summed E-state index contributed by atoms with van der Waals surface area (Å²) >= 11 is 1.48. The van der Waals surface area contributed by atoms with Gasteiger partial charge >= 0.3 is 12.0 Å². The highest BCUT2D eigenvalue weighted by Gasteiger charge is 2.46. The van der Waals surface area contributed by atoms with Gasteiger partial charge in [-0.2, -0.15) is 0 Å². The van der Waals surface area contributed by atoms with Gasteiger partial charge in [-0.25, -0.2) is 14.5 Å². The number of nitrogens with zero attached hydrogens (tertiary/aromatic N) is 2. The highest BCUT2D eigenvalue weighted by Crippen LogP contribution is 2.29. The standard InChI is InChI=1S/C25H23N3O5S/c1-2-33-24(31)17-10-12-18(13-11-17)26-22(29)15-21-23(30)28(19-7-4-3-5-8-19)25(32)27(21)16-20-9-6-14-34-20/h3-14,21H,2,15-16H2,1H3,(H,26,29)/t21-/m1/s1. The van der Waals surface area contributed by atoms with Crippen LogP contribution in [0.3, 0.4) is 0 Å². The second-order valence-corrected chi connectivity index (χ2v) is 8.60. The van der Waals surface area contributed by atoms with E-state index in [9.17, 15) is 19.2 Å². The van der Waals surface area contributed by atoms with E-state index in [1.54, 1.807) is 61.5 Å². The van der Waals surface area contributed by atoms with Gasteiger partial charge in [0.2, 0.25) is 5.91 Å². The molecular weight excluding hydrogens is 454 g/mol. The minimum atomic E-state index is -0.936. The summed E-state index contributed by atoms with van der Waals surface area (Å²) in [5, 5.41) is 4.64. The maximum atomic E-state index is 13.3. The quantitative estimate of drug-likeness (QED) is 0.386. The van der Waals surface area contributed by atoms with Gasteiger partial charge in [-0.3, -0.25) is 9.59 Å². The number of amides is 4. The molecule has 4 amide bonds. The zero-order valence-corrected chi connectivity index (χ0v) is 19.3. The zero-order valence-electron chi connectivity index (χ0n) is 18.5. The number of hydrogen-bond acceptors (Lipinski definition) is 6. The second-order valence-electron chi connectivity index (χ2n) is 7.56. The SMILES string of the molecule is CCOC(=O)c1ccc(NC(=O)C[C@@H]2C(=O)N(c3ccccc3)C(=O)N2Cc2cccs2)cc1. The topological polar surface area (TPSA) is 96.0 Å². The number of hydrogen-bond donors (Lipinski definition) is 1. The summed E-state index contributed by atoms with van der Waals surface area (Å²) in [6.07, 6.45) is -0.196. The number of nitrogens with one attached hydrogen (secondary N) is 1. The number of thiophene rings is 1. The van der Waals surface area contributed by atoms with Crippen molar-refractivity contribution >= 4 is 46.5 Å². The fourth-order valence-electron chi connectivity index (χ4n) is 3.69. The number of imide groups is 1. The summed E-state index contributed by atoms with van der Waals surface area (Å²) in [4.78, 5) is 54.6. The monoisotopic (exact) mass is 477 g/mol. The highest BCUT2D eigenvalue weighted by atomic mass is 32.1. The Hall–Kier alpha value is -3.98. The van der Waals surface area contributed by atoms with Gasteiger partial charge in [0.15, 0.2) is 0 Å². The van der Waals surface area contributed by atoms with Crippen LogP contribution in [0.25, 0.3) is 0 Å². The van der Waals surface area contributed by atoms with Crippen molar-refractivity contribution in [2.75, 3.05) is 16.8 Å². The Morgan fingerprint density at radius 3 is 2.38 bits per heavy atom. The van der Waals surface area contributed by atoms with E-state index in [2.05, 4.69) is 5.32 Å². The summed E-state index contributed by atoms with van der Waals surface area (Å²) < 4.78 is 4.96. The van der Waals surface area contributed by atoms with Crippen LogP contribution in [0.15, 0.2) is 72.1 Å². The van der Waals surface area contributed by atoms with Crippen LogP contribution in [0.2, 0.25) is 0 Å². The first-order valence-electron chi connectivity index (χ1n) is 10.8. The van der Waals surface area contributed by atoms with Crippen LogP contribution in [0.1, 0.15) is 28.6 Å². The summed E-state index contributed by atoms with van der Waals surface area (Å²) in [7, 11) is 0. The first-order valence-corrected chi connectivity index (χ1v) is 11.6. The van der Waals surface area contributed by atoms with Crippen LogP contribution < -0.4 is 10.2 Å². The number of esters is 1. The van der Waals surface area contributed by atoms with Crippen molar-refractivity contribution in [3.8, 4) is 0 Å². The average molecular weight is 478 g/mol. The molecule has 174 valence electrons. The smallest absolute Gasteiger partial charge is 0.338 e. The third-order valence-corrected chi connectivity index (χ3v) is 6.16.